The van der Waals surface area contributed by atoms with Crippen molar-refractivity contribution in [1.82, 2.24) is 0 Å². The normalized spacial score (nSPS) is 34.3. The number of fused-ring (bicyclic) bond motifs is 4. The molecule has 5 heterocycles. The predicted molar refractivity (Wildman–Crippen MR) is 156 cm³/mol. The van der Waals surface area contributed by atoms with E-state index < -0.39 is 66.8 Å². The Morgan fingerprint density at radius 1 is 0.913 bits per heavy atom. The summed E-state index contributed by atoms with van der Waals surface area (Å²) in [6.45, 7) is 0.171. The molecule has 14 heteroatoms. The van der Waals surface area contributed by atoms with E-state index in [1.165, 1.54) is 25.6 Å². The minimum atomic E-state index is -1.47. The molecule has 0 spiro atoms. The first-order chi connectivity index (χ1) is 22.4. The minimum absolute atomic E-state index is 0.0242. The van der Waals surface area contributed by atoms with Crippen LogP contribution in [0.5, 0.6) is 28.7 Å². The minimum Gasteiger partial charge on any atom is -0.502 e. The average Bonchev–Trinajstić information content (AvgIpc) is 3.85. The molecule has 0 amide bonds. The summed E-state index contributed by atoms with van der Waals surface area (Å²) in [7, 11) is 2.86. The fourth-order valence-corrected chi connectivity index (χ4v) is 7.89. The standard InChI is InChI=1S/C32H32O13S/c1-37-19-6-13(7-20(38-2)25(19)33)23-14-8-17-18(42-12-41-17)9-15(14)28(16-10-39-30(36)24(16)23)44-32-27(35)26(34)29-21(43-32)11-40-31(45-29)22-4-3-5-46-22/h3-9,16,21,23-24,26-29,31-35H,10-12H2,1-2H3/t16-,21-,23+,24-,26+,27-,28+,29-,31+,32-/m0/s1. The van der Waals surface area contributed by atoms with Crippen molar-refractivity contribution in [3.63, 3.8) is 0 Å². The number of rotatable bonds is 6. The van der Waals surface area contributed by atoms with E-state index in [0.29, 0.717) is 28.2 Å². The smallest absolute Gasteiger partial charge is 0.310 e. The summed E-state index contributed by atoms with van der Waals surface area (Å²) < 4.78 is 52.6. The summed E-state index contributed by atoms with van der Waals surface area (Å²) in [6, 6.07) is 10.7. The Morgan fingerprint density at radius 2 is 1.65 bits per heavy atom. The molecule has 8 rings (SSSR count). The van der Waals surface area contributed by atoms with Crippen molar-refractivity contribution in [3.8, 4) is 28.7 Å². The molecule has 2 aromatic carbocycles. The van der Waals surface area contributed by atoms with Gasteiger partial charge in [0.2, 0.25) is 12.5 Å². The van der Waals surface area contributed by atoms with Gasteiger partial charge in [-0.3, -0.25) is 4.79 Å². The number of methoxy groups -OCH3 is 2. The number of ether oxygens (including phenoxy) is 9. The van der Waals surface area contributed by atoms with Crippen molar-refractivity contribution < 1.29 is 62.7 Å². The van der Waals surface area contributed by atoms with E-state index in [4.69, 9.17) is 42.6 Å². The van der Waals surface area contributed by atoms with Gasteiger partial charge in [0.15, 0.2) is 35.6 Å². The van der Waals surface area contributed by atoms with Crippen LogP contribution in [0, 0.1) is 11.8 Å². The number of esters is 1. The number of carbonyl (C=O) groups excluding carboxylic acids is 1. The molecule has 0 radical (unpaired) electrons. The number of hydrogen-bond acceptors (Lipinski definition) is 14. The molecule has 3 N–H and O–H groups in total. The van der Waals surface area contributed by atoms with Gasteiger partial charge in [0.05, 0.1) is 44.3 Å². The Bertz CT molecular complexity index is 1600. The first kappa shape index (κ1) is 29.8. The molecule has 3 aromatic rings. The SMILES string of the molecule is COc1cc([C@@H]2c3cc4c(cc3[C@@H](O[C@@H]3O[C@H]5CO[C@@H](c6cccs6)O[C@@H]5[C@H](O)[C@@H]3O)[C@H]3COC(=O)[C@H]23)OCO4)cc(OC)c1O. The van der Waals surface area contributed by atoms with Gasteiger partial charge >= 0.3 is 5.97 Å². The number of carbonyl (C=O) groups is 1. The van der Waals surface area contributed by atoms with Gasteiger partial charge in [0, 0.05) is 11.8 Å². The molecule has 3 fully saturated rings. The zero-order valence-corrected chi connectivity index (χ0v) is 25.6. The Balaban J connectivity index is 1.16. The summed E-state index contributed by atoms with van der Waals surface area (Å²) in [4.78, 5) is 14.3. The van der Waals surface area contributed by atoms with Crippen LogP contribution in [0.2, 0.25) is 0 Å². The monoisotopic (exact) mass is 656 g/mol. The first-order valence-electron chi connectivity index (χ1n) is 14.9. The number of phenols is 1. The third kappa shape index (κ3) is 4.70. The lowest BCUT2D eigenvalue weighted by Gasteiger charge is -2.48. The lowest BCUT2D eigenvalue weighted by Crippen LogP contribution is -2.62. The highest BCUT2D eigenvalue weighted by Gasteiger charge is 2.56. The van der Waals surface area contributed by atoms with Gasteiger partial charge < -0.3 is 58.0 Å². The first-order valence-corrected chi connectivity index (χ1v) is 15.8. The molecule has 4 aliphatic heterocycles. The van der Waals surface area contributed by atoms with E-state index in [-0.39, 0.29) is 37.3 Å². The highest BCUT2D eigenvalue weighted by atomic mass is 32.1. The molecule has 10 atom stereocenters. The molecule has 46 heavy (non-hydrogen) atoms. The molecule has 5 aliphatic rings. The van der Waals surface area contributed by atoms with Crippen LogP contribution < -0.4 is 18.9 Å². The van der Waals surface area contributed by atoms with E-state index in [0.717, 1.165) is 4.88 Å². The second kappa shape index (κ2) is 11.6. The quantitative estimate of drug-likeness (QED) is 0.333. The average molecular weight is 657 g/mol. The van der Waals surface area contributed by atoms with Gasteiger partial charge in [-0.25, -0.2) is 0 Å². The van der Waals surface area contributed by atoms with Crippen molar-refractivity contribution in [2.75, 3.05) is 34.2 Å². The molecule has 0 saturated carbocycles. The maximum atomic E-state index is 13.5. The predicted octanol–water partition coefficient (Wildman–Crippen LogP) is 2.75. The lowest BCUT2D eigenvalue weighted by molar-refractivity contribution is -0.368. The van der Waals surface area contributed by atoms with Crippen LogP contribution in [0.1, 0.15) is 39.9 Å². The number of thiophene rings is 1. The second-order valence-electron chi connectivity index (χ2n) is 11.8. The van der Waals surface area contributed by atoms with E-state index >= 15 is 0 Å². The fourth-order valence-electron chi connectivity index (χ4n) is 7.18. The second-order valence-corrected chi connectivity index (χ2v) is 12.7. The lowest BCUT2D eigenvalue weighted by atomic mass is 9.66. The number of benzene rings is 2. The van der Waals surface area contributed by atoms with Gasteiger partial charge in [-0.1, -0.05) is 6.07 Å². The molecule has 0 unspecified atom stereocenters. The van der Waals surface area contributed by atoms with Crippen molar-refractivity contribution in [2.24, 2.45) is 11.8 Å². The van der Waals surface area contributed by atoms with Crippen LogP contribution >= 0.6 is 11.3 Å². The number of aliphatic hydroxyl groups excluding tert-OH is 2. The third-order valence-corrected chi connectivity index (χ3v) is 10.3. The Hall–Kier alpha value is -3.63. The van der Waals surface area contributed by atoms with Crippen LogP contribution in [-0.2, 0) is 28.5 Å². The molecule has 244 valence electrons. The van der Waals surface area contributed by atoms with Gasteiger partial charge in [-0.15, -0.1) is 11.3 Å². The van der Waals surface area contributed by atoms with Crippen LogP contribution in [0.15, 0.2) is 41.8 Å². The highest BCUT2D eigenvalue weighted by molar-refractivity contribution is 7.10. The van der Waals surface area contributed by atoms with Crippen molar-refractivity contribution >= 4 is 17.3 Å². The van der Waals surface area contributed by atoms with Crippen molar-refractivity contribution in [1.29, 1.82) is 0 Å². The van der Waals surface area contributed by atoms with Gasteiger partial charge in [0.25, 0.3) is 0 Å². The number of aliphatic hydroxyl groups is 2. The highest BCUT2D eigenvalue weighted by Crippen LogP contribution is 2.57. The largest absolute Gasteiger partial charge is 0.502 e. The fraction of sp³-hybridized carbons (Fsp3) is 0.469. The summed E-state index contributed by atoms with van der Waals surface area (Å²) in [5.74, 6) is -1.08. The molecular weight excluding hydrogens is 624 g/mol. The van der Waals surface area contributed by atoms with E-state index in [2.05, 4.69) is 0 Å². The van der Waals surface area contributed by atoms with Crippen LogP contribution in [0.25, 0.3) is 0 Å². The summed E-state index contributed by atoms with van der Waals surface area (Å²) in [6.07, 6.45) is -7.16. The van der Waals surface area contributed by atoms with Crippen molar-refractivity contribution in [3.05, 3.63) is 63.3 Å². The molecule has 1 aliphatic carbocycles. The van der Waals surface area contributed by atoms with Crippen LogP contribution in [-0.4, -0.2) is 86.2 Å². The Kier molecular flexibility index (Phi) is 7.48. The number of cyclic esters (lactones) is 1. The number of aromatic hydroxyl groups is 1. The van der Waals surface area contributed by atoms with Crippen LogP contribution in [0.4, 0.5) is 0 Å². The summed E-state index contributed by atoms with van der Waals surface area (Å²) >= 11 is 1.46. The summed E-state index contributed by atoms with van der Waals surface area (Å²) in [5, 5.41) is 35.0. The number of hydrogen-bond donors (Lipinski definition) is 3. The van der Waals surface area contributed by atoms with E-state index in [9.17, 15) is 20.1 Å². The maximum Gasteiger partial charge on any atom is 0.310 e. The summed E-state index contributed by atoms with van der Waals surface area (Å²) in [5.41, 5.74) is 2.00. The third-order valence-electron chi connectivity index (χ3n) is 9.37. The zero-order chi connectivity index (χ0) is 31.7. The molecule has 13 nitrogen and oxygen atoms in total. The van der Waals surface area contributed by atoms with Crippen LogP contribution in [0.3, 0.4) is 0 Å². The topological polar surface area (TPSA) is 161 Å². The molecular formula is C32H32O13S. The van der Waals surface area contributed by atoms with Gasteiger partial charge in [0.1, 0.15) is 24.4 Å². The zero-order valence-electron chi connectivity index (χ0n) is 24.8. The number of phenolic OH excluding ortho intramolecular Hbond substituents is 1. The maximum absolute atomic E-state index is 13.5. The Morgan fingerprint density at radius 3 is 2.35 bits per heavy atom. The van der Waals surface area contributed by atoms with E-state index in [1.807, 2.05) is 23.6 Å². The molecule has 3 saturated heterocycles. The van der Waals surface area contributed by atoms with Gasteiger partial charge in [-0.05, 0) is 52.4 Å². The van der Waals surface area contributed by atoms with Gasteiger partial charge in [-0.2, -0.15) is 0 Å². The Labute approximate surface area is 267 Å². The van der Waals surface area contributed by atoms with Crippen molar-refractivity contribution in [2.45, 2.75) is 49.0 Å². The molecule has 1 aromatic heterocycles. The molecule has 0 bridgehead atoms. The van der Waals surface area contributed by atoms with E-state index in [1.54, 1.807) is 18.2 Å².